The number of aliphatic imine (C=N–C) groups is 1. The SMILES string of the molecule is CCOc1ccccc1CNC(=NC)NCC(c1ccc(C)o1)N1CCOCC1. The maximum absolute atomic E-state index is 5.94. The molecule has 2 heterocycles. The lowest BCUT2D eigenvalue weighted by Gasteiger charge is -2.33. The van der Waals surface area contributed by atoms with Crippen LogP contribution in [0.5, 0.6) is 5.75 Å². The minimum absolute atomic E-state index is 0.127. The van der Waals surface area contributed by atoms with Gasteiger partial charge in [-0.3, -0.25) is 9.89 Å². The van der Waals surface area contributed by atoms with Gasteiger partial charge in [0.1, 0.15) is 17.3 Å². The molecule has 0 saturated carbocycles. The number of hydrogen-bond acceptors (Lipinski definition) is 5. The van der Waals surface area contributed by atoms with Crippen LogP contribution >= 0.6 is 0 Å². The first-order valence-electron chi connectivity index (χ1n) is 10.2. The molecule has 29 heavy (non-hydrogen) atoms. The Morgan fingerprint density at radius 3 is 2.66 bits per heavy atom. The highest BCUT2D eigenvalue weighted by molar-refractivity contribution is 5.79. The molecule has 1 aliphatic rings. The third kappa shape index (κ3) is 5.98. The molecular formula is C22H32N4O3. The molecule has 2 N–H and O–H groups in total. The van der Waals surface area contributed by atoms with E-state index in [1.807, 2.05) is 38.1 Å². The van der Waals surface area contributed by atoms with E-state index >= 15 is 0 Å². The van der Waals surface area contributed by atoms with Crippen LogP contribution in [-0.4, -0.2) is 57.4 Å². The summed E-state index contributed by atoms with van der Waals surface area (Å²) in [6, 6.07) is 12.3. The minimum atomic E-state index is 0.127. The van der Waals surface area contributed by atoms with Gasteiger partial charge in [0, 0.05) is 38.8 Å². The molecule has 158 valence electrons. The Kier molecular flexibility index (Phi) is 7.95. The van der Waals surface area contributed by atoms with E-state index in [2.05, 4.69) is 32.7 Å². The van der Waals surface area contributed by atoms with Crippen LogP contribution < -0.4 is 15.4 Å². The third-order valence-electron chi connectivity index (χ3n) is 4.98. The zero-order valence-electron chi connectivity index (χ0n) is 17.6. The molecule has 1 unspecified atom stereocenters. The number of furan rings is 1. The van der Waals surface area contributed by atoms with Crippen LogP contribution in [0, 0.1) is 6.92 Å². The van der Waals surface area contributed by atoms with Gasteiger partial charge in [-0.25, -0.2) is 0 Å². The Balaban J connectivity index is 1.61. The summed E-state index contributed by atoms with van der Waals surface area (Å²) in [6.07, 6.45) is 0. The van der Waals surface area contributed by atoms with Crippen molar-refractivity contribution in [2.24, 2.45) is 4.99 Å². The van der Waals surface area contributed by atoms with E-state index in [1.165, 1.54) is 0 Å². The molecule has 1 saturated heterocycles. The Labute approximate surface area is 173 Å². The average molecular weight is 401 g/mol. The summed E-state index contributed by atoms with van der Waals surface area (Å²) in [7, 11) is 1.78. The van der Waals surface area contributed by atoms with Gasteiger partial charge in [-0.15, -0.1) is 0 Å². The second-order valence-electron chi connectivity index (χ2n) is 6.96. The van der Waals surface area contributed by atoms with Gasteiger partial charge in [-0.1, -0.05) is 18.2 Å². The van der Waals surface area contributed by atoms with E-state index in [0.29, 0.717) is 19.7 Å². The van der Waals surface area contributed by atoms with Crippen molar-refractivity contribution in [2.45, 2.75) is 26.4 Å². The number of hydrogen-bond donors (Lipinski definition) is 2. The van der Waals surface area contributed by atoms with Crippen molar-refractivity contribution >= 4 is 5.96 Å². The third-order valence-corrected chi connectivity index (χ3v) is 4.98. The molecule has 7 nitrogen and oxygen atoms in total. The summed E-state index contributed by atoms with van der Waals surface area (Å²) >= 11 is 0. The predicted octanol–water partition coefficient (Wildman–Crippen LogP) is 2.73. The van der Waals surface area contributed by atoms with Crippen LogP contribution in [0.4, 0.5) is 0 Å². The van der Waals surface area contributed by atoms with Gasteiger partial charge in [0.05, 0.1) is 25.9 Å². The van der Waals surface area contributed by atoms with Crippen LogP contribution in [0.2, 0.25) is 0 Å². The fourth-order valence-corrected chi connectivity index (χ4v) is 3.47. The molecule has 0 amide bonds. The molecule has 1 aliphatic heterocycles. The molecule has 0 spiro atoms. The smallest absolute Gasteiger partial charge is 0.191 e. The molecule has 3 rings (SSSR count). The van der Waals surface area contributed by atoms with Crippen molar-refractivity contribution in [3.8, 4) is 5.75 Å². The van der Waals surface area contributed by atoms with Crippen molar-refractivity contribution in [1.82, 2.24) is 15.5 Å². The van der Waals surface area contributed by atoms with E-state index in [-0.39, 0.29) is 6.04 Å². The number of nitrogens with zero attached hydrogens (tertiary/aromatic N) is 2. The largest absolute Gasteiger partial charge is 0.494 e. The summed E-state index contributed by atoms with van der Waals surface area (Å²) in [6.45, 7) is 9.22. The fourth-order valence-electron chi connectivity index (χ4n) is 3.47. The molecule has 1 aromatic heterocycles. The highest BCUT2D eigenvalue weighted by Crippen LogP contribution is 2.23. The van der Waals surface area contributed by atoms with Crippen LogP contribution in [0.1, 0.15) is 30.0 Å². The van der Waals surface area contributed by atoms with E-state index < -0.39 is 0 Å². The zero-order valence-corrected chi connectivity index (χ0v) is 17.6. The fraction of sp³-hybridized carbons (Fsp3) is 0.500. The number of aryl methyl sites for hydroxylation is 1. The summed E-state index contributed by atoms with van der Waals surface area (Å²) in [4.78, 5) is 6.77. The molecule has 1 fully saturated rings. The molecule has 0 radical (unpaired) electrons. The monoisotopic (exact) mass is 400 g/mol. The topological polar surface area (TPSA) is 71.3 Å². The average Bonchev–Trinajstić information content (AvgIpc) is 3.18. The number of nitrogens with one attached hydrogen (secondary N) is 2. The van der Waals surface area contributed by atoms with E-state index in [1.54, 1.807) is 7.05 Å². The summed E-state index contributed by atoms with van der Waals surface area (Å²) < 4.78 is 17.2. The summed E-state index contributed by atoms with van der Waals surface area (Å²) in [5, 5.41) is 6.84. The summed E-state index contributed by atoms with van der Waals surface area (Å²) in [5.41, 5.74) is 1.10. The van der Waals surface area contributed by atoms with E-state index in [4.69, 9.17) is 13.9 Å². The number of guanidine groups is 1. The van der Waals surface area contributed by atoms with Crippen molar-refractivity contribution in [2.75, 3.05) is 46.5 Å². The lowest BCUT2D eigenvalue weighted by atomic mass is 10.1. The quantitative estimate of drug-likeness (QED) is 0.524. The van der Waals surface area contributed by atoms with Gasteiger partial charge in [0.15, 0.2) is 5.96 Å². The van der Waals surface area contributed by atoms with Crippen LogP contribution in [-0.2, 0) is 11.3 Å². The Hall–Kier alpha value is -2.51. The molecular weight excluding hydrogens is 368 g/mol. The van der Waals surface area contributed by atoms with E-state index in [0.717, 1.165) is 55.1 Å². The predicted molar refractivity (Wildman–Crippen MR) is 114 cm³/mol. The van der Waals surface area contributed by atoms with Gasteiger partial charge in [-0.05, 0) is 32.0 Å². The van der Waals surface area contributed by atoms with Crippen LogP contribution in [0.25, 0.3) is 0 Å². The first-order chi connectivity index (χ1) is 14.2. The number of rotatable bonds is 8. The molecule has 7 heteroatoms. The van der Waals surface area contributed by atoms with Crippen molar-refractivity contribution in [3.63, 3.8) is 0 Å². The van der Waals surface area contributed by atoms with Gasteiger partial charge in [0.2, 0.25) is 0 Å². The second-order valence-corrected chi connectivity index (χ2v) is 6.96. The van der Waals surface area contributed by atoms with Crippen molar-refractivity contribution in [3.05, 3.63) is 53.5 Å². The maximum Gasteiger partial charge on any atom is 0.191 e. The Morgan fingerprint density at radius 1 is 1.17 bits per heavy atom. The maximum atomic E-state index is 5.94. The molecule has 0 bridgehead atoms. The first-order valence-corrected chi connectivity index (χ1v) is 10.2. The lowest BCUT2D eigenvalue weighted by Crippen LogP contribution is -2.46. The number of para-hydroxylation sites is 1. The van der Waals surface area contributed by atoms with Gasteiger partial charge in [0.25, 0.3) is 0 Å². The normalized spacial score (nSPS) is 16.4. The highest BCUT2D eigenvalue weighted by atomic mass is 16.5. The molecule has 1 aromatic carbocycles. The van der Waals surface area contributed by atoms with Crippen molar-refractivity contribution < 1.29 is 13.9 Å². The Morgan fingerprint density at radius 2 is 1.97 bits per heavy atom. The Bertz CT molecular complexity index is 784. The number of benzene rings is 1. The van der Waals surface area contributed by atoms with Gasteiger partial charge in [-0.2, -0.15) is 0 Å². The van der Waals surface area contributed by atoms with Crippen LogP contribution in [0.3, 0.4) is 0 Å². The first kappa shape index (κ1) is 21.2. The lowest BCUT2D eigenvalue weighted by molar-refractivity contribution is 0.0124. The zero-order chi connectivity index (χ0) is 20.5. The minimum Gasteiger partial charge on any atom is -0.494 e. The van der Waals surface area contributed by atoms with Gasteiger partial charge < -0.3 is 24.5 Å². The van der Waals surface area contributed by atoms with Crippen LogP contribution in [0.15, 0.2) is 45.8 Å². The summed E-state index contributed by atoms with van der Waals surface area (Å²) in [5.74, 6) is 3.54. The van der Waals surface area contributed by atoms with Crippen molar-refractivity contribution in [1.29, 1.82) is 0 Å². The second kappa shape index (κ2) is 10.9. The number of morpholine rings is 1. The molecule has 1 atom stereocenters. The standard InChI is InChI=1S/C22H32N4O3/c1-4-28-20-8-6-5-7-18(20)15-24-22(23-3)25-16-19(21-10-9-17(2)29-21)26-11-13-27-14-12-26/h5-10,19H,4,11-16H2,1-3H3,(H2,23,24,25). The van der Waals surface area contributed by atoms with Gasteiger partial charge >= 0.3 is 0 Å². The molecule has 2 aromatic rings. The van der Waals surface area contributed by atoms with E-state index in [9.17, 15) is 0 Å². The molecule has 0 aliphatic carbocycles. The highest BCUT2D eigenvalue weighted by Gasteiger charge is 2.25. The number of ether oxygens (including phenoxy) is 2.